The molecule has 0 bridgehead atoms. The molecule has 0 spiro atoms. The summed E-state index contributed by atoms with van der Waals surface area (Å²) in [5.74, 6) is 1.99. The first kappa shape index (κ1) is 20.6. The Kier molecular flexibility index (Phi) is 7.76. The molecular formula is C21H33NO4. The Bertz CT molecular complexity index is 583. The second-order valence-corrected chi connectivity index (χ2v) is 6.98. The third-order valence-corrected chi connectivity index (χ3v) is 5.31. The van der Waals surface area contributed by atoms with Crippen LogP contribution in [0.2, 0.25) is 0 Å². The normalized spacial score (nSPS) is 22.7. The lowest BCUT2D eigenvalue weighted by Crippen LogP contribution is -2.31. The van der Waals surface area contributed by atoms with Crippen molar-refractivity contribution < 1.29 is 19.4 Å². The van der Waals surface area contributed by atoms with Crippen molar-refractivity contribution in [3.63, 3.8) is 0 Å². The number of likely N-dealkylation sites (tertiary alicyclic amines) is 1. The highest BCUT2D eigenvalue weighted by Gasteiger charge is 2.33. The molecule has 1 aromatic rings. The average Bonchev–Trinajstić information content (AvgIpc) is 3.32. The van der Waals surface area contributed by atoms with Gasteiger partial charge in [-0.25, -0.2) is 0 Å². The molecule has 2 aliphatic rings. The van der Waals surface area contributed by atoms with E-state index < -0.39 is 6.61 Å². The molecule has 1 heterocycles. The van der Waals surface area contributed by atoms with E-state index in [9.17, 15) is 4.79 Å². The number of amides is 1. The highest BCUT2D eigenvalue weighted by Crippen LogP contribution is 2.38. The maximum Gasteiger partial charge on any atom is 0.248 e. The lowest BCUT2D eigenvalue weighted by Gasteiger charge is -2.20. The predicted molar refractivity (Wildman–Crippen MR) is 103 cm³/mol. The number of carbonyl (C=O) groups excluding carboxylic acids is 1. The predicted octanol–water partition coefficient (Wildman–Crippen LogP) is 3.60. The molecule has 3 rings (SSSR count). The van der Waals surface area contributed by atoms with Gasteiger partial charge in [-0.1, -0.05) is 26.8 Å². The van der Waals surface area contributed by atoms with E-state index in [4.69, 9.17) is 14.6 Å². The van der Waals surface area contributed by atoms with Crippen molar-refractivity contribution in [1.29, 1.82) is 0 Å². The van der Waals surface area contributed by atoms with Gasteiger partial charge in [0.2, 0.25) is 5.91 Å². The van der Waals surface area contributed by atoms with Crippen LogP contribution < -0.4 is 9.47 Å². The third-order valence-electron chi connectivity index (χ3n) is 5.31. The number of ether oxygens (including phenoxy) is 2. The summed E-state index contributed by atoms with van der Waals surface area (Å²) in [7, 11) is 1.66. The third kappa shape index (κ3) is 4.70. The molecule has 1 N–H and O–H groups in total. The van der Waals surface area contributed by atoms with Crippen LogP contribution in [0, 0.1) is 5.92 Å². The molecule has 26 heavy (non-hydrogen) atoms. The van der Waals surface area contributed by atoms with E-state index in [-0.39, 0.29) is 17.9 Å². The lowest BCUT2D eigenvalue weighted by atomic mass is 9.90. The second kappa shape index (κ2) is 9.81. The summed E-state index contributed by atoms with van der Waals surface area (Å²) >= 11 is 0. The van der Waals surface area contributed by atoms with Gasteiger partial charge in [0.25, 0.3) is 0 Å². The summed E-state index contributed by atoms with van der Waals surface area (Å²) in [6.45, 7) is 7.07. The fourth-order valence-electron chi connectivity index (χ4n) is 3.91. The largest absolute Gasteiger partial charge is 0.493 e. The molecule has 1 saturated heterocycles. The van der Waals surface area contributed by atoms with E-state index in [0.29, 0.717) is 19.0 Å². The van der Waals surface area contributed by atoms with Crippen LogP contribution in [0.15, 0.2) is 18.2 Å². The van der Waals surface area contributed by atoms with Gasteiger partial charge < -0.3 is 19.5 Å². The molecule has 2 fully saturated rings. The Morgan fingerprint density at radius 2 is 1.88 bits per heavy atom. The average molecular weight is 363 g/mol. The van der Waals surface area contributed by atoms with Gasteiger partial charge in [0.15, 0.2) is 11.5 Å². The highest BCUT2D eigenvalue weighted by molar-refractivity contribution is 5.77. The number of hydrogen-bond donors (Lipinski definition) is 1. The summed E-state index contributed by atoms with van der Waals surface area (Å²) in [6, 6.07) is 6.10. The van der Waals surface area contributed by atoms with Gasteiger partial charge in [0.05, 0.1) is 13.2 Å². The maximum atomic E-state index is 11.8. The van der Waals surface area contributed by atoms with Crippen molar-refractivity contribution in [3.05, 3.63) is 23.8 Å². The first-order valence-electron chi connectivity index (χ1n) is 9.85. The second-order valence-electron chi connectivity index (χ2n) is 6.98. The van der Waals surface area contributed by atoms with Crippen molar-refractivity contribution in [2.24, 2.45) is 5.92 Å². The van der Waals surface area contributed by atoms with Crippen LogP contribution in [0.1, 0.15) is 57.9 Å². The van der Waals surface area contributed by atoms with Gasteiger partial charge in [-0.05, 0) is 49.3 Å². The number of rotatable bonds is 5. The SMILES string of the molecule is CC.COc1ccc(C2CN(C(=O)CO)CC2C)cc1OC1CCCC1. The lowest BCUT2D eigenvalue weighted by molar-refractivity contribution is -0.133. The van der Waals surface area contributed by atoms with E-state index in [0.717, 1.165) is 24.3 Å². The standard InChI is InChI=1S/C19H27NO4.C2H6/c1-13-10-20(19(22)12-21)11-16(13)14-7-8-17(23-2)18(9-14)24-15-5-3-4-6-15;1-2/h7-9,13,15-16,21H,3-6,10-12H2,1-2H3;1-2H3. The summed E-state index contributed by atoms with van der Waals surface area (Å²) < 4.78 is 11.6. The van der Waals surface area contributed by atoms with Crippen LogP contribution >= 0.6 is 0 Å². The summed E-state index contributed by atoms with van der Waals surface area (Å²) in [5, 5.41) is 9.08. The van der Waals surface area contributed by atoms with Gasteiger partial charge in [0, 0.05) is 19.0 Å². The van der Waals surface area contributed by atoms with E-state index in [1.807, 2.05) is 19.9 Å². The van der Waals surface area contributed by atoms with Crippen LogP contribution in [0.25, 0.3) is 0 Å². The van der Waals surface area contributed by atoms with Crippen LogP contribution in [-0.4, -0.2) is 48.8 Å². The Balaban J connectivity index is 0.00000117. The molecule has 1 amide bonds. The molecule has 2 unspecified atom stereocenters. The van der Waals surface area contributed by atoms with Crippen molar-refractivity contribution in [1.82, 2.24) is 4.90 Å². The molecular weight excluding hydrogens is 330 g/mol. The fourth-order valence-corrected chi connectivity index (χ4v) is 3.91. The minimum Gasteiger partial charge on any atom is -0.493 e. The Morgan fingerprint density at radius 3 is 2.50 bits per heavy atom. The Morgan fingerprint density at radius 1 is 1.19 bits per heavy atom. The minimum atomic E-state index is -0.419. The van der Waals surface area contributed by atoms with E-state index in [1.54, 1.807) is 12.0 Å². The van der Waals surface area contributed by atoms with Crippen LogP contribution in [0.4, 0.5) is 0 Å². The molecule has 1 aliphatic heterocycles. The van der Waals surface area contributed by atoms with Crippen molar-refractivity contribution in [2.45, 2.75) is 58.5 Å². The monoisotopic (exact) mass is 363 g/mol. The van der Waals surface area contributed by atoms with Gasteiger partial charge in [-0.15, -0.1) is 0 Å². The van der Waals surface area contributed by atoms with Crippen LogP contribution in [-0.2, 0) is 4.79 Å². The molecule has 0 aromatic heterocycles. The van der Waals surface area contributed by atoms with E-state index >= 15 is 0 Å². The number of aliphatic hydroxyl groups excluding tert-OH is 1. The van der Waals surface area contributed by atoms with E-state index in [1.165, 1.54) is 18.4 Å². The maximum absolute atomic E-state index is 11.8. The molecule has 1 aliphatic carbocycles. The number of carbonyl (C=O) groups is 1. The first-order chi connectivity index (χ1) is 12.6. The summed E-state index contributed by atoms with van der Waals surface area (Å²) in [4.78, 5) is 13.5. The molecule has 1 aromatic carbocycles. The topological polar surface area (TPSA) is 59.0 Å². The first-order valence-corrected chi connectivity index (χ1v) is 9.85. The van der Waals surface area contributed by atoms with E-state index in [2.05, 4.69) is 19.1 Å². The van der Waals surface area contributed by atoms with Crippen LogP contribution in [0.5, 0.6) is 11.5 Å². The van der Waals surface area contributed by atoms with Crippen molar-refractivity contribution >= 4 is 5.91 Å². The van der Waals surface area contributed by atoms with Crippen LogP contribution in [0.3, 0.4) is 0 Å². The number of nitrogens with zero attached hydrogens (tertiary/aromatic N) is 1. The zero-order valence-corrected chi connectivity index (χ0v) is 16.5. The number of aliphatic hydroxyl groups is 1. The summed E-state index contributed by atoms with van der Waals surface area (Å²) in [6.07, 6.45) is 4.94. The minimum absolute atomic E-state index is 0.194. The quantitative estimate of drug-likeness (QED) is 0.868. The summed E-state index contributed by atoms with van der Waals surface area (Å²) in [5.41, 5.74) is 1.17. The van der Waals surface area contributed by atoms with Crippen molar-refractivity contribution in [3.8, 4) is 11.5 Å². The Labute approximate surface area is 157 Å². The molecule has 2 atom stereocenters. The van der Waals surface area contributed by atoms with Crippen molar-refractivity contribution in [2.75, 3.05) is 26.8 Å². The smallest absolute Gasteiger partial charge is 0.248 e. The van der Waals surface area contributed by atoms with Gasteiger partial charge >= 0.3 is 0 Å². The molecule has 0 radical (unpaired) electrons. The van der Waals surface area contributed by atoms with Gasteiger partial charge in [-0.2, -0.15) is 0 Å². The number of hydrogen-bond acceptors (Lipinski definition) is 4. The molecule has 146 valence electrons. The zero-order chi connectivity index (χ0) is 19.1. The van der Waals surface area contributed by atoms with Gasteiger partial charge in [0.1, 0.15) is 6.61 Å². The number of methoxy groups -OCH3 is 1. The van der Waals surface area contributed by atoms with Gasteiger partial charge in [-0.3, -0.25) is 4.79 Å². The molecule has 1 saturated carbocycles. The number of benzene rings is 1. The highest BCUT2D eigenvalue weighted by atomic mass is 16.5. The molecule has 5 nitrogen and oxygen atoms in total. The Hall–Kier alpha value is -1.75. The fraction of sp³-hybridized carbons (Fsp3) is 0.667. The zero-order valence-electron chi connectivity index (χ0n) is 16.5. The molecule has 5 heteroatoms.